The maximum atomic E-state index is 5.63. The highest BCUT2D eigenvalue weighted by atomic mass is 32.1. The van der Waals surface area contributed by atoms with Crippen LogP contribution >= 0.6 is 11.3 Å². The molecule has 0 spiro atoms. The minimum absolute atomic E-state index is 0.335. The van der Waals surface area contributed by atoms with Crippen molar-refractivity contribution in [1.82, 2.24) is 15.2 Å². The van der Waals surface area contributed by atoms with E-state index in [4.69, 9.17) is 4.74 Å². The third kappa shape index (κ3) is 3.48. The molecule has 96 valence electrons. The van der Waals surface area contributed by atoms with Gasteiger partial charge in [-0.1, -0.05) is 0 Å². The van der Waals surface area contributed by atoms with Gasteiger partial charge in [0.25, 0.3) is 0 Å². The summed E-state index contributed by atoms with van der Waals surface area (Å²) < 4.78 is 5.63. The Kier molecular flexibility index (Phi) is 4.50. The van der Waals surface area contributed by atoms with Crippen LogP contribution in [-0.4, -0.2) is 42.2 Å². The predicted molar refractivity (Wildman–Crippen MR) is 70.2 cm³/mol. The second kappa shape index (κ2) is 5.91. The zero-order valence-electron chi connectivity index (χ0n) is 10.8. The molecular weight excluding hydrogens is 234 g/mol. The topological polar surface area (TPSA) is 37.4 Å². The van der Waals surface area contributed by atoms with Gasteiger partial charge in [-0.3, -0.25) is 4.90 Å². The number of ether oxygens (including phenoxy) is 1. The number of nitrogens with zero attached hydrogens (tertiary/aromatic N) is 2. The van der Waals surface area contributed by atoms with Crippen molar-refractivity contribution in [3.8, 4) is 0 Å². The van der Waals surface area contributed by atoms with Crippen LogP contribution in [0.15, 0.2) is 5.38 Å². The number of rotatable bonds is 4. The van der Waals surface area contributed by atoms with E-state index in [9.17, 15) is 0 Å². The molecule has 4 nitrogen and oxygen atoms in total. The molecule has 2 atom stereocenters. The summed E-state index contributed by atoms with van der Waals surface area (Å²) in [5, 5.41) is 6.46. The van der Waals surface area contributed by atoms with Gasteiger partial charge in [-0.25, -0.2) is 4.98 Å². The van der Waals surface area contributed by atoms with E-state index in [1.165, 1.54) is 5.69 Å². The summed E-state index contributed by atoms with van der Waals surface area (Å²) in [7, 11) is 1.95. The molecule has 0 radical (unpaired) electrons. The Morgan fingerprint density at radius 1 is 1.59 bits per heavy atom. The van der Waals surface area contributed by atoms with Crippen LogP contribution in [0.4, 0.5) is 0 Å². The maximum absolute atomic E-state index is 5.63. The summed E-state index contributed by atoms with van der Waals surface area (Å²) in [5.74, 6) is 0. The van der Waals surface area contributed by atoms with Gasteiger partial charge in [-0.05, 0) is 20.9 Å². The average molecular weight is 255 g/mol. The van der Waals surface area contributed by atoms with Crippen LogP contribution in [0.25, 0.3) is 0 Å². The van der Waals surface area contributed by atoms with E-state index in [1.54, 1.807) is 11.3 Å². The second-order valence-electron chi connectivity index (χ2n) is 4.69. The lowest BCUT2D eigenvalue weighted by molar-refractivity contribution is -0.0530. The van der Waals surface area contributed by atoms with Crippen molar-refractivity contribution in [2.45, 2.75) is 39.1 Å². The molecule has 1 fully saturated rings. The first kappa shape index (κ1) is 13.0. The number of hydrogen-bond donors (Lipinski definition) is 1. The lowest BCUT2D eigenvalue weighted by Crippen LogP contribution is -2.46. The van der Waals surface area contributed by atoms with Crippen LogP contribution in [0.1, 0.15) is 24.5 Å². The molecule has 0 bridgehead atoms. The largest absolute Gasteiger partial charge is 0.376 e. The summed E-state index contributed by atoms with van der Waals surface area (Å²) in [6.45, 7) is 7.97. The number of morpholine rings is 1. The van der Waals surface area contributed by atoms with E-state index >= 15 is 0 Å². The molecule has 1 aromatic heterocycles. The zero-order chi connectivity index (χ0) is 12.3. The SMILES string of the molecule is CNCc1nc(CN2CC(C)OCC2C)cs1. The number of nitrogens with one attached hydrogen (secondary N) is 1. The molecule has 1 N–H and O–H groups in total. The van der Waals surface area contributed by atoms with Gasteiger partial charge in [-0.15, -0.1) is 11.3 Å². The average Bonchev–Trinajstić information content (AvgIpc) is 2.72. The van der Waals surface area contributed by atoms with Crippen LogP contribution in [0.2, 0.25) is 0 Å². The molecule has 0 aromatic carbocycles. The van der Waals surface area contributed by atoms with Crippen molar-refractivity contribution in [2.75, 3.05) is 20.2 Å². The summed E-state index contributed by atoms with van der Waals surface area (Å²) in [6, 6.07) is 0.487. The standard InChI is InChI=1S/C12H21N3OS/c1-9-7-16-10(2)5-15(9)6-11-8-17-12(14-11)4-13-3/h8-10,13H,4-7H2,1-3H3. The third-order valence-electron chi connectivity index (χ3n) is 3.03. The second-order valence-corrected chi connectivity index (χ2v) is 5.63. The summed E-state index contributed by atoms with van der Waals surface area (Å²) >= 11 is 1.73. The molecule has 1 aliphatic heterocycles. The Labute approximate surface area is 107 Å². The molecule has 17 heavy (non-hydrogen) atoms. The Bertz CT molecular complexity index is 355. The van der Waals surface area contributed by atoms with Gasteiger partial charge in [0.05, 0.1) is 18.4 Å². The van der Waals surface area contributed by atoms with Crippen molar-refractivity contribution >= 4 is 11.3 Å². The normalized spacial score (nSPS) is 26.3. The molecule has 0 saturated carbocycles. The summed E-state index contributed by atoms with van der Waals surface area (Å²) in [5.41, 5.74) is 1.18. The van der Waals surface area contributed by atoms with E-state index in [-0.39, 0.29) is 0 Å². The molecule has 1 aromatic rings. The van der Waals surface area contributed by atoms with Crippen molar-refractivity contribution in [2.24, 2.45) is 0 Å². The van der Waals surface area contributed by atoms with Crippen LogP contribution in [0, 0.1) is 0 Å². The smallest absolute Gasteiger partial charge is 0.107 e. The van der Waals surface area contributed by atoms with Gasteiger partial charge in [0.1, 0.15) is 5.01 Å². The summed E-state index contributed by atoms with van der Waals surface area (Å²) in [4.78, 5) is 7.08. The van der Waals surface area contributed by atoms with Crippen LogP contribution < -0.4 is 5.32 Å². The predicted octanol–water partition coefficient (Wildman–Crippen LogP) is 1.47. The fourth-order valence-electron chi connectivity index (χ4n) is 2.05. The molecule has 0 aliphatic carbocycles. The Balaban J connectivity index is 1.94. The quantitative estimate of drug-likeness (QED) is 0.884. The Morgan fingerprint density at radius 3 is 3.18 bits per heavy atom. The van der Waals surface area contributed by atoms with Crippen LogP contribution in [0.5, 0.6) is 0 Å². The highest BCUT2D eigenvalue weighted by Gasteiger charge is 2.23. The van der Waals surface area contributed by atoms with Gasteiger partial charge in [0.2, 0.25) is 0 Å². The van der Waals surface area contributed by atoms with Crippen molar-refractivity contribution in [3.05, 3.63) is 16.1 Å². The van der Waals surface area contributed by atoms with Gasteiger partial charge in [0, 0.05) is 31.1 Å². The minimum atomic E-state index is 0.335. The monoisotopic (exact) mass is 255 g/mol. The van der Waals surface area contributed by atoms with Crippen molar-refractivity contribution < 1.29 is 4.74 Å². The first-order valence-electron chi connectivity index (χ1n) is 6.12. The fraction of sp³-hybridized carbons (Fsp3) is 0.750. The molecule has 5 heteroatoms. The highest BCUT2D eigenvalue weighted by molar-refractivity contribution is 7.09. The molecular formula is C12H21N3OS. The zero-order valence-corrected chi connectivity index (χ0v) is 11.6. The van der Waals surface area contributed by atoms with Gasteiger partial charge < -0.3 is 10.1 Å². The fourth-order valence-corrected chi connectivity index (χ4v) is 2.85. The van der Waals surface area contributed by atoms with Crippen LogP contribution in [-0.2, 0) is 17.8 Å². The Morgan fingerprint density at radius 2 is 2.41 bits per heavy atom. The van der Waals surface area contributed by atoms with Gasteiger partial charge >= 0.3 is 0 Å². The first-order valence-corrected chi connectivity index (χ1v) is 7.00. The van der Waals surface area contributed by atoms with Crippen molar-refractivity contribution in [3.63, 3.8) is 0 Å². The first-order chi connectivity index (χ1) is 8.19. The van der Waals surface area contributed by atoms with E-state index in [1.807, 2.05) is 7.05 Å². The highest BCUT2D eigenvalue weighted by Crippen LogP contribution is 2.17. The minimum Gasteiger partial charge on any atom is -0.376 e. The van der Waals surface area contributed by atoms with E-state index < -0.39 is 0 Å². The van der Waals surface area contributed by atoms with E-state index in [0.29, 0.717) is 12.1 Å². The number of hydrogen-bond acceptors (Lipinski definition) is 5. The lowest BCUT2D eigenvalue weighted by Gasteiger charge is -2.36. The number of aromatic nitrogens is 1. The maximum Gasteiger partial charge on any atom is 0.107 e. The Hall–Kier alpha value is -0.490. The van der Waals surface area contributed by atoms with Crippen molar-refractivity contribution in [1.29, 1.82) is 0 Å². The lowest BCUT2D eigenvalue weighted by atomic mass is 10.2. The molecule has 2 rings (SSSR count). The van der Waals surface area contributed by atoms with E-state index in [2.05, 4.69) is 34.4 Å². The summed E-state index contributed by atoms with van der Waals surface area (Å²) in [6.07, 6.45) is 0.335. The molecule has 2 heterocycles. The van der Waals surface area contributed by atoms with Crippen LogP contribution in [0.3, 0.4) is 0 Å². The molecule has 2 unspecified atom stereocenters. The molecule has 1 aliphatic rings. The van der Waals surface area contributed by atoms with E-state index in [0.717, 1.165) is 31.2 Å². The third-order valence-corrected chi connectivity index (χ3v) is 3.93. The number of thiazole rings is 1. The molecule has 0 amide bonds. The van der Waals surface area contributed by atoms with Gasteiger partial charge in [-0.2, -0.15) is 0 Å². The molecule has 1 saturated heterocycles. The van der Waals surface area contributed by atoms with Gasteiger partial charge in [0.15, 0.2) is 0 Å².